The summed E-state index contributed by atoms with van der Waals surface area (Å²) in [5.74, 6) is -69.1. The third kappa shape index (κ3) is 4.55. The molecule has 1 aromatic carbocycles. The lowest BCUT2D eigenvalue weighted by atomic mass is 9.86. The lowest BCUT2D eigenvalue weighted by Crippen LogP contribution is -2.75. The smallest absolute Gasteiger partial charge is 0.368 e. The van der Waals surface area contributed by atoms with E-state index in [1.807, 2.05) is 0 Å². The number of alkyl halides is 19. The highest BCUT2D eigenvalue weighted by atomic mass is 19.4. The molecule has 0 aliphatic heterocycles. The fourth-order valence-electron chi connectivity index (χ4n) is 2.91. The van der Waals surface area contributed by atoms with Crippen molar-refractivity contribution in [3.8, 4) is 11.4 Å². The Morgan fingerprint density at radius 1 is 0.405 bits per heavy atom. The number of aromatic nitrogens is 3. The maximum absolute atomic E-state index is 14.4. The topological polar surface area (TPSA) is 90.7 Å². The van der Waals surface area contributed by atoms with Crippen molar-refractivity contribution in [1.29, 1.82) is 0 Å². The Labute approximate surface area is 217 Å². The minimum atomic E-state index is -8.98. The van der Waals surface area contributed by atoms with Gasteiger partial charge in [-0.05, 0) is 0 Å². The van der Waals surface area contributed by atoms with Gasteiger partial charge in [0.2, 0.25) is 11.9 Å². The van der Waals surface area contributed by atoms with E-state index in [9.17, 15) is 83.4 Å². The molecule has 5 nitrogen and oxygen atoms in total. The molecular weight excluding hydrogens is 647 g/mol. The molecule has 24 heteroatoms. The predicted molar refractivity (Wildman–Crippen MR) is 98.7 cm³/mol. The average Bonchev–Trinajstić information content (AvgIpc) is 2.81. The van der Waals surface area contributed by atoms with Gasteiger partial charge in [-0.2, -0.15) is 98.4 Å². The highest BCUT2D eigenvalue weighted by Crippen LogP contribution is 2.66. The lowest BCUT2D eigenvalue weighted by molar-refractivity contribution is -0.469. The Bertz CT molecular complexity index is 1280. The third-order valence-electron chi connectivity index (χ3n) is 5.29. The standard InChI is InChI=1S/C18H8F19N5/c19-10(20,6-3-1-5(2-4-6)7-40-8(38)42-9(39)41-7)11(21,22)12(23,24)13(25,26)14(27,28)15(29,30)16(31,32)17(33,34)18(35,36)37/h1-4H,(H4,38,39,40,41,42). The zero-order chi connectivity index (χ0) is 33.3. The molecule has 0 saturated carbocycles. The van der Waals surface area contributed by atoms with E-state index in [0.717, 1.165) is 0 Å². The Morgan fingerprint density at radius 3 is 1.05 bits per heavy atom. The van der Waals surface area contributed by atoms with Gasteiger partial charge in [0.05, 0.1) is 0 Å². The van der Waals surface area contributed by atoms with Gasteiger partial charge >= 0.3 is 53.6 Å². The van der Waals surface area contributed by atoms with E-state index >= 15 is 0 Å². The maximum atomic E-state index is 14.4. The summed E-state index contributed by atoms with van der Waals surface area (Å²) in [4.78, 5) is 10.1. The van der Waals surface area contributed by atoms with Gasteiger partial charge in [-0.25, -0.2) is 0 Å². The van der Waals surface area contributed by atoms with Crippen LogP contribution in [0, 0.1) is 0 Å². The van der Waals surface area contributed by atoms with E-state index in [-0.39, 0.29) is 24.3 Å². The van der Waals surface area contributed by atoms with E-state index in [2.05, 4.69) is 15.0 Å². The van der Waals surface area contributed by atoms with Crippen LogP contribution in [-0.2, 0) is 5.92 Å². The van der Waals surface area contributed by atoms with Crippen LogP contribution in [0.15, 0.2) is 24.3 Å². The summed E-state index contributed by atoms with van der Waals surface area (Å²) >= 11 is 0. The Kier molecular flexibility index (Phi) is 7.85. The molecule has 0 spiro atoms. The summed E-state index contributed by atoms with van der Waals surface area (Å²) < 4.78 is 256. The molecule has 1 aromatic heterocycles. The number of nitrogen functional groups attached to an aromatic ring is 2. The minimum Gasteiger partial charge on any atom is -0.368 e. The zero-order valence-corrected chi connectivity index (χ0v) is 19.0. The van der Waals surface area contributed by atoms with Gasteiger partial charge in [0.25, 0.3) is 0 Å². The second kappa shape index (κ2) is 9.50. The summed E-state index contributed by atoms with van der Waals surface area (Å²) in [6.45, 7) is 0. The number of halogens is 19. The Balaban J connectivity index is 2.62. The van der Waals surface area contributed by atoms with Crippen molar-refractivity contribution in [1.82, 2.24) is 15.0 Å². The lowest BCUT2D eigenvalue weighted by Gasteiger charge is -2.43. The van der Waals surface area contributed by atoms with Crippen LogP contribution in [0.25, 0.3) is 11.4 Å². The number of rotatable bonds is 9. The minimum absolute atomic E-state index is 0.270. The predicted octanol–water partition coefficient (Wildman–Crippen LogP) is 6.80. The molecule has 0 bridgehead atoms. The van der Waals surface area contributed by atoms with Crippen molar-refractivity contribution >= 4 is 11.9 Å². The van der Waals surface area contributed by atoms with Crippen molar-refractivity contribution < 1.29 is 83.4 Å². The van der Waals surface area contributed by atoms with Gasteiger partial charge < -0.3 is 11.5 Å². The van der Waals surface area contributed by atoms with Gasteiger partial charge in [0.1, 0.15) is 0 Å². The van der Waals surface area contributed by atoms with Gasteiger partial charge in [-0.3, -0.25) is 0 Å². The number of hydrogen-bond donors (Lipinski definition) is 2. The molecule has 0 saturated heterocycles. The summed E-state index contributed by atoms with van der Waals surface area (Å²) in [5.41, 5.74) is 7.44. The van der Waals surface area contributed by atoms with E-state index in [1.54, 1.807) is 0 Å². The molecule has 0 unspecified atom stereocenters. The molecule has 0 aliphatic rings. The molecule has 0 fully saturated rings. The van der Waals surface area contributed by atoms with Crippen LogP contribution in [0.5, 0.6) is 0 Å². The molecule has 4 N–H and O–H groups in total. The maximum Gasteiger partial charge on any atom is 0.460 e. The average molecular weight is 655 g/mol. The van der Waals surface area contributed by atoms with E-state index in [4.69, 9.17) is 11.5 Å². The molecule has 1 heterocycles. The van der Waals surface area contributed by atoms with Crippen LogP contribution in [0.2, 0.25) is 0 Å². The normalized spacial score (nSPS) is 15.2. The van der Waals surface area contributed by atoms with Gasteiger partial charge in [0.15, 0.2) is 5.82 Å². The van der Waals surface area contributed by atoms with E-state index in [0.29, 0.717) is 0 Å². The monoisotopic (exact) mass is 655 g/mol. The second-order valence-corrected chi connectivity index (χ2v) is 8.05. The molecule has 0 amide bonds. The fraction of sp³-hybridized carbons (Fsp3) is 0.500. The molecule has 2 aromatic rings. The van der Waals surface area contributed by atoms with E-state index in [1.165, 1.54) is 0 Å². The van der Waals surface area contributed by atoms with E-state index < -0.39 is 82.4 Å². The first-order valence-electron chi connectivity index (χ1n) is 9.83. The highest BCUT2D eigenvalue weighted by molar-refractivity contribution is 5.58. The fourth-order valence-corrected chi connectivity index (χ4v) is 2.91. The quantitative estimate of drug-likeness (QED) is 0.290. The van der Waals surface area contributed by atoms with Crippen LogP contribution in [0.4, 0.5) is 95.3 Å². The van der Waals surface area contributed by atoms with Crippen LogP contribution in [0.3, 0.4) is 0 Å². The summed E-state index contributed by atoms with van der Waals surface area (Å²) in [6, 6.07) is -0.0183. The summed E-state index contributed by atoms with van der Waals surface area (Å²) in [7, 11) is 0. The SMILES string of the molecule is Nc1nc(N)nc(-c2ccc(C(F)(F)C(F)(F)C(F)(F)C(F)(F)C(F)(F)C(F)(F)C(F)(F)C(F)(F)C(F)(F)F)cc2)n1. The second-order valence-electron chi connectivity index (χ2n) is 8.05. The van der Waals surface area contributed by atoms with Crippen molar-refractivity contribution in [2.45, 2.75) is 53.6 Å². The molecule has 0 atom stereocenters. The zero-order valence-electron chi connectivity index (χ0n) is 19.0. The molecular formula is C18H8F19N5. The van der Waals surface area contributed by atoms with Crippen LogP contribution in [0.1, 0.15) is 5.56 Å². The van der Waals surface area contributed by atoms with Crippen molar-refractivity contribution in [2.75, 3.05) is 11.5 Å². The van der Waals surface area contributed by atoms with Gasteiger partial charge in [-0.1, -0.05) is 24.3 Å². The Hall–Kier alpha value is -3.50. The molecule has 2 rings (SSSR count). The van der Waals surface area contributed by atoms with Crippen LogP contribution >= 0.6 is 0 Å². The molecule has 0 aliphatic carbocycles. The number of nitrogens with zero attached hydrogens (tertiary/aromatic N) is 3. The molecule has 238 valence electrons. The number of nitrogens with two attached hydrogens (primary N) is 2. The number of benzene rings is 1. The van der Waals surface area contributed by atoms with Crippen molar-refractivity contribution in [3.05, 3.63) is 29.8 Å². The Morgan fingerprint density at radius 2 is 0.714 bits per heavy atom. The highest BCUT2D eigenvalue weighted by Gasteiger charge is 2.96. The third-order valence-corrected chi connectivity index (χ3v) is 5.29. The van der Waals surface area contributed by atoms with Crippen molar-refractivity contribution in [3.63, 3.8) is 0 Å². The van der Waals surface area contributed by atoms with Crippen LogP contribution in [-0.4, -0.2) is 62.6 Å². The van der Waals surface area contributed by atoms with Crippen molar-refractivity contribution in [2.24, 2.45) is 0 Å². The molecule has 0 radical (unpaired) electrons. The summed E-state index contributed by atoms with van der Waals surface area (Å²) in [6.07, 6.45) is -7.93. The van der Waals surface area contributed by atoms with Crippen LogP contribution < -0.4 is 11.5 Å². The number of anilines is 2. The first kappa shape index (κ1) is 34.7. The number of hydrogen-bond acceptors (Lipinski definition) is 5. The molecule has 42 heavy (non-hydrogen) atoms. The first-order chi connectivity index (χ1) is 18.4. The largest absolute Gasteiger partial charge is 0.460 e. The summed E-state index contributed by atoms with van der Waals surface area (Å²) in [5, 5.41) is 0. The first-order valence-corrected chi connectivity index (χ1v) is 9.83. The van der Waals surface area contributed by atoms with Gasteiger partial charge in [-0.15, -0.1) is 0 Å². The van der Waals surface area contributed by atoms with Gasteiger partial charge in [0, 0.05) is 11.1 Å².